The smallest absolute Gasteiger partial charge is 0.336 e. The summed E-state index contributed by atoms with van der Waals surface area (Å²) in [7, 11) is 2.11. The first-order valence-electron chi connectivity index (χ1n) is 15.8. The molecule has 6 rings (SSSR count). The second kappa shape index (κ2) is 11.3. The number of nitrogens with zero attached hydrogens (tertiary/aromatic N) is 4. The van der Waals surface area contributed by atoms with Crippen LogP contribution in [-0.2, 0) is 30.8 Å². The van der Waals surface area contributed by atoms with Crippen LogP contribution in [-0.4, -0.2) is 30.2 Å². The molecule has 6 nitrogen and oxygen atoms in total. The molecular formula is C39H42N4O2. The molecule has 0 aliphatic carbocycles. The first-order valence-corrected chi connectivity index (χ1v) is 15.8. The van der Waals surface area contributed by atoms with Crippen LogP contribution in [0.2, 0.25) is 0 Å². The van der Waals surface area contributed by atoms with Gasteiger partial charge in [-0.15, -0.1) is 0 Å². The monoisotopic (exact) mass is 598 g/mol. The number of imidazole rings is 2. The fourth-order valence-corrected chi connectivity index (χ4v) is 6.96. The number of aromatic nitrogens is 4. The van der Waals surface area contributed by atoms with Gasteiger partial charge in [0.15, 0.2) is 0 Å². The van der Waals surface area contributed by atoms with Crippen molar-refractivity contribution in [2.24, 2.45) is 7.05 Å². The van der Waals surface area contributed by atoms with Crippen LogP contribution in [0.25, 0.3) is 33.2 Å². The van der Waals surface area contributed by atoms with E-state index in [1.807, 2.05) is 30.3 Å². The van der Waals surface area contributed by atoms with Gasteiger partial charge in [0.25, 0.3) is 0 Å². The molecule has 0 atom stereocenters. The van der Waals surface area contributed by atoms with Crippen molar-refractivity contribution in [3.63, 3.8) is 0 Å². The summed E-state index contributed by atoms with van der Waals surface area (Å²) in [5.74, 6) is 1.22. The van der Waals surface area contributed by atoms with Crippen LogP contribution in [0.4, 0.5) is 0 Å². The van der Waals surface area contributed by atoms with Crippen LogP contribution in [0, 0.1) is 6.92 Å². The number of carboxylic acids is 1. The SMILES string of the molecule is CCCc1nc2c(C)cc(C(C)(C)c3nc4ccccc4n3C)cc2n1C(C)(C)Cc1ccc(-c2ccccc2C(=O)O)cc1. The normalized spacial score (nSPS) is 12.3. The van der Waals surface area contributed by atoms with Crippen molar-refractivity contribution < 1.29 is 9.90 Å². The summed E-state index contributed by atoms with van der Waals surface area (Å²) in [4.78, 5) is 22.1. The molecule has 0 radical (unpaired) electrons. The molecule has 0 saturated carbocycles. The maximum absolute atomic E-state index is 11.8. The Morgan fingerprint density at radius 1 is 0.867 bits per heavy atom. The number of hydrogen-bond donors (Lipinski definition) is 1. The molecule has 0 spiro atoms. The minimum Gasteiger partial charge on any atom is -0.478 e. The van der Waals surface area contributed by atoms with Crippen molar-refractivity contribution in [3.05, 3.63) is 119 Å². The molecule has 6 aromatic rings. The lowest BCUT2D eigenvalue weighted by molar-refractivity contribution is 0.0697. The van der Waals surface area contributed by atoms with Crippen LogP contribution in [0.1, 0.15) is 79.7 Å². The molecule has 4 aromatic carbocycles. The van der Waals surface area contributed by atoms with E-state index in [1.54, 1.807) is 12.1 Å². The fourth-order valence-electron chi connectivity index (χ4n) is 6.96. The highest BCUT2D eigenvalue weighted by molar-refractivity contribution is 5.96. The summed E-state index contributed by atoms with van der Waals surface area (Å²) in [6.07, 6.45) is 2.70. The highest BCUT2D eigenvalue weighted by atomic mass is 16.4. The van der Waals surface area contributed by atoms with Gasteiger partial charge in [-0.1, -0.05) is 67.6 Å². The number of carbonyl (C=O) groups is 1. The van der Waals surface area contributed by atoms with Crippen LogP contribution >= 0.6 is 0 Å². The second-order valence-corrected chi connectivity index (χ2v) is 13.4. The Morgan fingerprint density at radius 2 is 1.56 bits per heavy atom. The van der Waals surface area contributed by atoms with E-state index in [1.165, 1.54) is 16.7 Å². The molecule has 0 fully saturated rings. The largest absolute Gasteiger partial charge is 0.478 e. The Labute approximate surface area is 265 Å². The molecule has 6 heteroatoms. The number of aromatic carboxylic acids is 1. The van der Waals surface area contributed by atoms with E-state index in [-0.39, 0.29) is 11.0 Å². The number of hydrogen-bond acceptors (Lipinski definition) is 3. The highest BCUT2D eigenvalue weighted by Crippen LogP contribution is 2.38. The van der Waals surface area contributed by atoms with E-state index in [2.05, 4.69) is 100 Å². The molecule has 0 bridgehead atoms. The minimum atomic E-state index is -0.916. The Bertz CT molecular complexity index is 2040. The predicted octanol–water partition coefficient (Wildman–Crippen LogP) is 8.85. The van der Waals surface area contributed by atoms with Gasteiger partial charge in [-0.2, -0.15) is 0 Å². The minimum absolute atomic E-state index is 0.271. The predicted molar refractivity (Wildman–Crippen MR) is 183 cm³/mol. The fraction of sp³-hybridized carbons (Fsp3) is 0.308. The van der Waals surface area contributed by atoms with Crippen molar-refractivity contribution in [1.29, 1.82) is 0 Å². The molecule has 0 aliphatic heterocycles. The topological polar surface area (TPSA) is 72.9 Å². The summed E-state index contributed by atoms with van der Waals surface area (Å²) >= 11 is 0. The molecule has 0 aliphatic rings. The summed E-state index contributed by atoms with van der Waals surface area (Å²) in [5, 5.41) is 9.68. The molecule has 45 heavy (non-hydrogen) atoms. The maximum atomic E-state index is 11.8. The Hall–Kier alpha value is -4.71. The van der Waals surface area contributed by atoms with Crippen molar-refractivity contribution in [3.8, 4) is 11.1 Å². The Balaban J connectivity index is 1.42. The first kappa shape index (κ1) is 30.3. The number of benzene rings is 4. The molecule has 0 amide bonds. The van der Waals surface area contributed by atoms with E-state index in [0.29, 0.717) is 5.56 Å². The lowest BCUT2D eigenvalue weighted by Gasteiger charge is -2.31. The lowest BCUT2D eigenvalue weighted by Crippen LogP contribution is -2.31. The van der Waals surface area contributed by atoms with Crippen molar-refractivity contribution >= 4 is 28.0 Å². The van der Waals surface area contributed by atoms with Gasteiger partial charge in [0.05, 0.1) is 27.6 Å². The third kappa shape index (κ3) is 5.33. The summed E-state index contributed by atoms with van der Waals surface area (Å²) < 4.78 is 4.68. The van der Waals surface area contributed by atoms with Crippen molar-refractivity contribution in [2.75, 3.05) is 0 Å². The Morgan fingerprint density at radius 3 is 2.24 bits per heavy atom. The summed E-state index contributed by atoms with van der Waals surface area (Å²) in [6, 6.07) is 28.4. The third-order valence-corrected chi connectivity index (χ3v) is 9.23. The van der Waals surface area contributed by atoms with Gasteiger partial charge in [-0.25, -0.2) is 14.8 Å². The van der Waals surface area contributed by atoms with E-state index >= 15 is 0 Å². The highest BCUT2D eigenvalue weighted by Gasteiger charge is 2.32. The van der Waals surface area contributed by atoms with E-state index < -0.39 is 5.97 Å². The number of carboxylic acid groups (broad SMARTS) is 1. The Kier molecular flexibility index (Phi) is 7.64. The lowest BCUT2D eigenvalue weighted by atomic mass is 9.82. The van der Waals surface area contributed by atoms with Crippen LogP contribution < -0.4 is 0 Å². The third-order valence-electron chi connectivity index (χ3n) is 9.23. The van der Waals surface area contributed by atoms with Crippen molar-refractivity contribution in [2.45, 2.75) is 71.8 Å². The average molecular weight is 599 g/mol. The van der Waals surface area contributed by atoms with Crippen LogP contribution in [0.15, 0.2) is 84.9 Å². The molecule has 1 N–H and O–H groups in total. The second-order valence-electron chi connectivity index (χ2n) is 13.4. The van der Waals surface area contributed by atoms with Crippen molar-refractivity contribution in [1.82, 2.24) is 19.1 Å². The standard InChI is InChI=1S/C39H42N4O2/c1-8-13-34-41-35-25(2)22-28(39(5,6)37-40-31-16-11-12-17-32(31)42(37)7)23-33(35)43(34)38(3,4)24-26-18-20-27(21-19-26)29-14-9-10-15-30(29)36(44)45/h9-12,14-23H,8,13,24H2,1-7H3,(H,44,45). The molecule has 2 aromatic heterocycles. The van der Waals surface area contributed by atoms with E-state index in [0.717, 1.165) is 64.1 Å². The van der Waals surface area contributed by atoms with Gasteiger partial charge in [0.2, 0.25) is 0 Å². The van der Waals surface area contributed by atoms with Gasteiger partial charge in [0, 0.05) is 24.4 Å². The molecular weight excluding hydrogens is 556 g/mol. The quantitative estimate of drug-likeness (QED) is 0.180. The van der Waals surface area contributed by atoms with Gasteiger partial charge >= 0.3 is 5.97 Å². The van der Waals surface area contributed by atoms with Crippen LogP contribution in [0.3, 0.4) is 0 Å². The molecule has 230 valence electrons. The zero-order valence-corrected chi connectivity index (χ0v) is 27.3. The number of fused-ring (bicyclic) bond motifs is 2. The number of para-hydroxylation sites is 2. The number of rotatable bonds is 9. The van der Waals surface area contributed by atoms with E-state index in [4.69, 9.17) is 9.97 Å². The molecule has 0 saturated heterocycles. The number of aryl methyl sites for hydroxylation is 3. The maximum Gasteiger partial charge on any atom is 0.336 e. The first-order chi connectivity index (χ1) is 21.4. The van der Waals surface area contributed by atoms with Gasteiger partial charge in [-0.3, -0.25) is 0 Å². The van der Waals surface area contributed by atoms with Gasteiger partial charge < -0.3 is 14.2 Å². The molecule has 0 unspecified atom stereocenters. The zero-order valence-electron chi connectivity index (χ0n) is 27.3. The van der Waals surface area contributed by atoms with E-state index in [9.17, 15) is 9.90 Å². The van der Waals surface area contributed by atoms with Gasteiger partial charge in [0.1, 0.15) is 11.6 Å². The van der Waals surface area contributed by atoms with Crippen LogP contribution in [0.5, 0.6) is 0 Å². The average Bonchev–Trinajstić information content (AvgIpc) is 3.56. The molecule has 2 heterocycles. The summed E-state index contributed by atoms with van der Waals surface area (Å²) in [6.45, 7) is 13.5. The zero-order chi connectivity index (χ0) is 32.1. The van der Waals surface area contributed by atoms with Gasteiger partial charge in [-0.05, 0) is 99.5 Å². The summed E-state index contributed by atoms with van der Waals surface area (Å²) in [5.41, 5.74) is 9.25.